The molecule has 0 spiro atoms. The van der Waals surface area contributed by atoms with E-state index in [4.69, 9.17) is 0 Å². The number of likely N-dealkylation sites (tertiary alicyclic amines) is 3. The summed E-state index contributed by atoms with van der Waals surface area (Å²) in [6.07, 6.45) is 8.03. The molecule has 4 heterocycles. The molecule has 6 heteroatoms. The molecule has 0 radical (unpaired) electrons. The van der Waals surface area contributed by atoms with Crippen LogP contribution in [-0.2, 0) is 22.4 Å². The predicted molar refractivity (Wildman–Crippen MR) is 141 cm³/mol. The minimum absolute atomic E-state index is 0.199. The average Bonchev–Trinajstić information content (AvgIpc) is 3.43. The summed E-state index contributed by atoms with van der Waals surface area (Å²) in [6, 6.07) is 15.4. The Kier molecular flexibility index (Phi) is 8.20. The molecule has 0 atom stereocenters. The molecular formula is C29H39N3O2S. The highest BCUT2D eigenvalue weighted by Crippen LogP contribution is 2.28. The smallest absolute Gasteiger partial charge is 0.227 e. The molecule has 35 heavy (non-hydrogen) atoms. The van der Waals surface area contributed by atoms with Gasteiger partial charge in [-0.2, -0.15) is 0 Å². The maximum absolute atomic E-state index is 13.2. The molecule has 0 aliphatic carbocycles. The first-order valence-electron chi connectivity index (χ1n) is 13.5. The molecule has 3 saturated heterocycles. The molecule has 1 aromatic heterocycles. The van der Waals surface area contributed by atoms with Crippen LogP contribution in [0.4, 0.5) is 0 Å². The van der Waals surface area contributed by atoms with E-state index in [1.165, 1.54) is 5.56 Å². The molecule has 0 bridgehead atoms. The van der Waals surface area contributed by atoms with Crippen molar-refractivity contribution in [2.45, 2.75) is 57.4 Å². The van der Waals surface area contributed by atoms with E-state index in [-0.39, 0.29) is 11.8 Å². The molecule has 3 aliphatic rings. The Morgan fingerprint density at radius 2 is 1.46 bits per heavy atom. The molecule has 5 nitrogen and oxygen atoms in total. The standard InChI is InChI=1S/C29H39N3O2S/c33-28(22-27-7-4-20-35-27)31-18-12-26(13-19-31)30-16-10-25(11-17-30)29(34)32-14-8-24(9-15-32)21-23-5-2-1-3-6-23/h1-7,20,24-26H,8-19,21-22H2. The van der Waals surface area contributed by atoms with Gasteiger partial charge < -0.3 is 14.7 Å². The van der Waals surface area contributed by atoms with Crippen molar-refractivity contribution in [3.63, 3.8) is 0 Å². The van der Waals surface area contributed by atoms with Crippen LogP contribution in [0.1, 0.15) is 49.0 Å². The predicted octanol–water partition coefficient (Wildman–Crippen LogP) is 4.47. The Bertz CT molecular complexity index is 940. The number of hydrogen-bond donors (Lipinski definition) is 0. The second kappa shape index (κ2) is 11.7. The SMILES string of the molecule is O=C(Cc1cccs1)N1CCC(N2CCC(C(=O)N3CCC(Cc4ccccc4)CC3)CC2)CC1. The fourth-order valence-electron chi connectivity index (χ4n) is 6.23. The third kappa shape index (κ3) is 6.34. The minimum atomic E-state index is 0.199. The number of benzene rings is 1. The number of thiophene rings is 1. The van der Waals surface area contributed by atoms with Crippen molar-refractivity contribution < 1.29 is 9.59 Å². The van der Waals surface area contributed by atoms with E-state index >= 15 is 0 Å². The van der Waals surface area contributed by atoms with Crippen molar-refractivity contribution in [2.75, 3.05) is 39.3 Å². The molecule has 0 unspecified atom stereocenters. The quantitative estimate of drug-likeness (QED) is 0.596. The van der Waals surface area contributed by atoms with Crippen LogP contribution in [-0.4, -0.2) is 71.8 Å². The fraction of sp³-hybridized carbons (Fsp3) is 0.586. The number of rotatable bonds is 6. The molecule has 1 aromatic carbocycles. The first-order chi connectivity index (χ1) is 17.2. The van der Waals surface area contributed by atoms with E-state index in [0.717, 1.165) is 89.1 Å². The molecular weight excluding hydrogens is 454 g/mol. The summed E-state index contributed by atoms with van der Waals surface area (Å²) in [7, 11) is 0. The zero-order valence-corrected chi connectivity index (χ0v) is 21.6. The van der Waals surface area contributed by atoms with Gasteiger partial charge in [0.25, 0.3) is 0 Å². The molecule has 0 N–H and O–H groups in total. The van der Waals surface area contributed by atoms with Crippen LogP contribution in [0.3, 0.4) is 0 Å². The van der Waals surface area contributed by atoms with Gasteiger partial charge in [-0.25, -0.2) is 0 Å². The van der Waals surface area contributed by atoms with E-state index in [0.29, 0.717) is 24.3 Å². The lowest BCUT2D eigenvalue weighted by atomic mass is 9.88. The summed E-state index contributed by atoms with van der Waals surface area (Å²) in [5.41, 5.74) is 1.42. The number of carbonyl (C=O) groups excluding carboxylic acids is 2. The highest BCUT2D eigenvalue weighted by Gasteiger charge is 2.34. The van der Waals surface area contributed by atoms with Gasteiger partial charge >= 0.3 is 0 Å². The first kappa shape index (κ1) is 24.5. The van der Waals surface area contributed by atoms with Crippen LogP contribution >= 0.6 is 11.3 Å². The maximum Gasteiger partial charge on any atom is 0.227 e. The number of piperidine rings is 3. The van der Waals surface area contributed by atoms with Gasteiger partial charge in [-0.15, -0.1) is 11.3 Å². The van der Waals surface area contributed by atoms with Gasteiger partial charge in [-0.1, -0.05) is 36.4 Å². The Hall–Kier alpha value is -2.18. The molecule has 2 aromatic rings. The molecule has 2 amide bonds. The summed E-state index contributed by atoms with van der Waals surface area (Å²) >= 11 is 1.66. The normalized spacial score (nSPS) is 21.4. The Morgan fingerprint density at radius 3 is 2.11 bits per heavy atom. The Morgan fingerprint density at radius 1 is 0.771 bits per heavy atom. The van der Waals surface area contributed by atoms with Crippen LogP contribution in [0, 0.1) is 11.8 Å². The fourth-order valence-corrected chi connectivity index (χ4v) is 6.92. The third-order valence-electron chi connectivity index (χ3n) is 8.41. The van der Waals surface area contributed by atoms with Crippen molar-refractivity contribution in [3.05, 3.63) is 58.3 Å². The monoisotopic (exact) mass is 493 g/mol. The van der Waals surface area contributed by atoms with E-state index in [1.807, 2.05) is 22.4 Å². The lowest BCUT2D eigenvalue weighted by Crippen LogP contribution is -2.51. The summed E-state index contributed by atoms with van der Waals surface area (Å²) < 4.78 is 0. The highest BCUT2D eigenvalue weighted by atomic mass is 32.1. The summed E-state index contributed by atoms with van der Waals surface area (Å²) in [4.78, 5) is 33.8. The van der Waals surface area contributed by atoms with Crippen molar-refractivity contribution in [3.8, 4) is 0 Å². The van der Waals surface area contributed by atoms with Gasteiger partial charge in [0.1, 0.15) is 0 Å². The second-order valence-electron chi connectivity index (χ2n) is 10.6. The van der Waals surface area contributed by atoms with Gasteiger partial charge in [0.05, 0.1) is 6.42 Å². The third-order valence-corrected chi connectivity index (χ3v) is 9.29. The number of hydrogen-bond acceptors (Lipinski definition) is 4. The first-order valence-corrected chi connectivity index (χ1v) is 14.4. The zero-order chi connectivity index (χ0) is 24.0. The van der Waals surface area contributed by atoms with Gasteiger partial charge in [-0.05, 0) is 81.0 Å². The van der Waals surface area contributed by atoms with Gasteiger partial charge in [-0.3, -0.25) is 9.59 Å². The van der Waals surface area contributed by atoms with Crippen LogP contribution in [0.15, 0.2) is 47.8 Å². The van der Waals surface area contributed by atoms with Crippen molar-refractivity contribution in [2.24, 2.45) is 11.8 Å². The molecule has 3 aliphatic heterocycles. The van der Waals surface area contributed by atoms with Gasteiger partial charge in [0, 0.05) is 43.0 Å². The summed E-state index contributed by atoms with van der Waals surface area (Å²) in [5.74, 6) is 1.57. The van der Waals surface area contributed by atoms with Crippen LogP contribution in [0.5, 0.6) is 0 Å². The lowest BCUT2D eigenvalue weighted by molar-refractivity contribution is -0.139. The van der Waals surface area contributed by atoms with E-state index in [2.05, 4.69) is 40.1 Å². The lowest BCUT2D eigenvalue weighted by Gasteiger charge is -2.42. The van der Waals surface area contributed by atoms with Crippen molar-refractivity contribution in [1.82, 2.24) is 14.7 Å². The molecule has 0 saturated carbocycles. The second-order valence-corrected chi connectivity index (χ2v) is 11.7. The van der Waals surface area contributed by atoms with E-state index in [9.17, 15) is 9.59 Å². The van der Waals surface area contributed by atoms with Crippen molar-refractivity contribution in [1.29, 1.82) is 0 Å². The number of carbonyl (C=O) groups is 2. The largest absolute Gasteiger partial charge is 0.342 e. The Labute approximate surface area is 214 Å². The van der Waals surface area contributed by atoms with E-state index < -0.39 is 0 Å². The zero-order valence-electron chi connectivity index (χ0n) is 20.8. The minimum Gasteiger partial charge on any atom is -0.342 e. The summed E-state index contributed by atoms with van der Waals surface area (Å²) in [6.45, 7) is 5.63. The molecule has 188 valence electrons. The van der Waals surface area contributed by atoms with Gasteiger partial charge in [0.15, 0.2) is 0 Å². The molecule has 5 rings (SSSR count). The van der Waals surface area contributed by atoms with Crippen LogP contribution in [0.2, 0.25) is 0 Å². The topological polar surface area (TPSA) is 43.9 Å². The highest BCUT2D eigenvalue weighted by molar-refractivity contribution is 7.10. The average molecular weight is 494 g/mol. The summed E-state index contributed by atoms with van der Waals surface area (Å²) in [5, 5.41) is 2.04. The van der Waals surface area contributed by atoms with Crippen molar-refractivity contribution >= 4 is 23.2 Å². The van der Waals surface area contributed by atoms with E-state index in [1.54, 1.807) is 11.3 Å². The number of nitrogens with zero attached hydrogens (tertiary/aromatic N) is 3. The number of amides is 2. The van der Waals surface area contributed by atoms with Gasteiger partial charge in [0.2, 0.25) is 11.8 Å². The van der Waals surface area contributed by atoms with Crippen LogP contribution in [0.25, 0.3) is 0 Å². The van der Waals surface area contributed by atoms with Crippen LogP contribution < -0.4 is 0 Å². The maximum atomic E-state index is 13.2. The Balaban J connectivity index is 1.01. The molecule has 3 fully saturated rings.